The first-order valence-corrected chi connectivity index (χ1v) is 6.27. The largest absolute Gasteiger partial charge is 0.288 e. The molecular formula is C12H6Br2FNO. The van der Waals surface area contributed by atoms with Gasteiger partial charge in [-0.05, 0) is 40.2 Å². The number of ketones is 1. The first kappa shape index (κ1) is 12.4. The molecule has 2 nitrogen and oxygen atoms in total. The van der Waals surface area contributed by atoms with Crippen molar-refractivity contribution in [3.05, 3.63) is 62.5 Å². The van der Waals surface area contributed by atoms with Crippen LogP contribution in [0.3, 0.4) is 0 Å². The minimum atomic E-state index is -0.618. The second kappa shape index (κ2) is 5.06. The summed E-state index contributed by atoms with van der Waals surface area (Å²) in [5.74, 6) is -0.989. The number of rotatable bonds is 2. The van der Waals surface area contributed by atoms with Crippen molar-refractivity contribution >= 4 is 37.6 Å². The molecule has 17 heavy (non-hydrogen) atoms. The van der Waals surface area contributed by atoms with Gasteiger partial charge in [-0.3, -0.25) is 9.78 Å². The molecule has 5 heteroatoms. The molecule has 1 aromatic heterocycles. The van der Waals surface area contributed by atoms with Crippen molar-refractivity contribution in [1.82, 2.24) is 4.98 Å². The topological polar surface area (TPSA) is 30.0 Å². The van der Waals surface area contributed by atoms with Crippen LogP contribution in [-0.4, -0.2) is 10.8 Å². The zero-order valence-corrected chi connectivity index (χ0v) is 11.6. The van der Waals surface area contributed by atoms with Gasteiger partial charge in [-0.1, -0.05) is 15.9 Å². The number of carbonyl (C=O) groups is 1. The fourth-order valence-electron chi connectivity index (χ4n) is 1.38. The van der Waals surface area contributed by atoms with Gasteiger partial charge in [0.1, 0.15) is 0 Å². The van der Waals surface area contributed by atoms with Crippen LogP contribution in [0.5, 0.6) is 0 Å². The maximum absolute atomic E-state index is 13.4. The number of benzene rings is 1. The maximum Gasteiger partial charge on any atom is 0.197 e. The normalized spacial score (nSPS) is 10.3. The molecule has 0 radical (unpaired) electrons. The van der Waals surface area contributed by atoms with Gasteiger partial charge in [0.2, 0.25) is 0 Å². The standard InChI is InChI=1S/C12H6Br2FNO/c13-7-1-2-8(10(14)5-7)12(17)9-3-4-16-6-11(9)15/h1-6H. The van der Waals surface area contributed by atoms with Crippen molar-refractivity contribution < 1.29 is 9.18 Å². The van der Waals surface area contributed by atoms with E-state index in [9.17, 15) is 9.18 Å². The first-order chi connectivity index (χ1) is 8.09. The highest BCUT2D eigenvalue weighted by Gasteiger charge is 2.16. The summed E-state index contributed by atoms with van der Waals surface area (Å²) in [5, 5.41) is 0. The number of hydrogen-bond donors (Lipinski definition) is 0. The lowest BCUT2D eigenvalue weighted by molar-refractivity contribution is 0.103. The van der Waals surface area contributed by atoms with Crippen LogP contribution in [0.15, 0.2) is 45.6 Å². The molecule has 0 aliphatic rings. The highest BCUT2D eigenvalue weighted by Crippen LogP contribution is 2.24. The Kier molecular flexibility index (Phi) is 3.69. The van der Waals surface area contributed by atoms with E-state index in [2.05, 4.69) is 36.8 Å². The summed E-state index contributed by atoms with van der Waals surface area (Å²) in [7, 11) is 0. The minimum absolute atomic E-state index is 0.0167. The highest BCUT2D eigenvalue weighted by molar-refractivity contribution is 9.11. The Hall–Kier alpha value is -1.07. The SMILES string of the molecule is O=C(c1ccncc1F)c1ccc(Br)cc1Br. The maximum atomic E-state index is 13.4. The molecule has 0 saturated heterocycles. The van der Waals surface area contributed by atoms with Crippen molar-refractivity contribution in [2.75, 3.05) is 0 Å². The lowest BCUT2D eigenvalue weighted by atomic mass is 10.0. The van der Waals surface area contributed by atoms with Crippen molar-refractivity contribution in [1.29, 1.82) is 0 Å². The van der Waals surface area contributed by atoms with Crippen molar-refractivity contribution in [3.8, 4) is 0 Å². The van der Waals surface area contributed by atoms with E-state index in [1.165, 1.54) is 12.3 Å². The first-order valence-electron chi connectivity index (χ1n) is 4.69. The molecule has 2 aromatic rings. The average Bonchev–Trinajstić information content (AvgIpc) is 2.29. The second-order valence-electron chi connectivity index (χ2n) is 3.31. The number of nitrogens with zero attached hydrogens (tertiary/aromatic N) is 1. The van der Waals surface area contributed by atoms with Crippen LogP contribution in [-0.2, 0) is 0 Å². The van der Waals surface area contributed by atoms with Gasteiger partial charge in [-0.2, -0.15) is 0 Å². The van der Waals surface area contributed by atoms with Gasteiger partial charge in [0, 0.05) is 20.7 Å². The van der Waals surface area contributed by atoms with E-state index in [1.54, 1.807) is 18.2 Å². The molecule has 86 valence electrons. The fraction of sp³-hybridized carbons (Fsp3) is 0. The Morgan fingerprint density at radius 2 is 1.94 bits per heavy atom. The smallest absolute Gasteiger partial charge is 0.197 e. The highest BCUT2D eigenvalue weighted by atomic mass is 79.9. The second-order valence-corrected chi connectivity index (χ2v) is 5.08. The van der Waals surface area contributed by atoms with Gasteiger partial charge in [0.05, 0.1) is 11.8 Å². The van der Waals surface area contributed by atoms with E-state index < -0.39 is 5.82 Å². The van der Waals surface area contributed by atoms with Crippen LogP contribution in [0.1, 0.15) is 15.9 Å². The Morgan fingerprint density at radius 1 is 1.18 bits per heavy atom. The summed E-state index contributed by atoms with van der Waals surface area (Å²) in [4.78, 5) is 15.7. The Labute approximate surface area is 114 Å². The Morgan fingerprint density at radius 3 is 2.59 bits per heavy atom. The van der Waals surface area contributed by atoms with Gasteiger partial charge >= 0.3 is 0 Å². The average molecular weight is 359 g/mol. The Bertz CT molecular complexity index is 586. The third-order valence-electron chi connectivity index (χ3n) is 2.19. The third kappa shape index (κ3) is 2.61. The molecule has 0 aliphatic heterocycles. The molecule has 0 aliphatic carbocycles. The zero-order valence-electron chi connectivity index (χ0n) is 8.45. The number of halogens is 3. The molecule has 0 saturated carbocycles. The minimum Gasteiger partial charge on any atom is -0.288 e. The van der Waals surface area contributed by atoms with Gasteiger partial charge in [-0.25, -0.2) is 4.39 Å². The molecule has 0 N–H and O–H groups in total. The van der Waals surface area contributed by atoms with E-state index in [4.69, 9.17) is 0 Å². The third-order valence-corrected chi connectivity index (χ3v) is 3.34. The molecule has 0 bridgehead atoms. The number of aromatic nitrogens is 1. The van der Waals surface area contributed by atoms with Gasteiger partial charge in [0.25, 0.3) is 0 Å². The number of hydrogen-bond acceptors (Lipinski definition) is 2. The number of carbonyl (C=O) groups excluding carboxylic acids is 1. The summed E-state index contributed by atoms with van der Waals surface area (Å²) in [6, 6.07) is 6.48. The fourth-order valence-corrected chi connectivity index (χ4v) is 2.61. The summed E-state index contributed by atoms with van der Waals surface area (Å²) >= 11 is 6.57. The predicted octanol–water partition coefficient (Wildman–Crippen LogP) is 3.98. The Balaban J connectivity index is 2.48. The van der Waals surface area contributed by atoms with Crippen molar-refractivity contribution in [2.45, 2.75) is 0 Å². The van der Waals surface area contributed by atoms with Gasteiger partial charge < -0.3 is 0 Å². The van der Waals surface area contributed by atoms with E-state index in [0.717, 1.165) is 10.7 Å². The summed E-state index contributed by atoms with van der Waals surface area (Å²) in [6.07, 6.45) is 2.42. The summed E-state index contributed by atoms with van der Waals surface area (Å²) in [5.41, 5.74) is 0.432. The van der Waals surface area contributed by atoms with Crippen LogP contribution in [0.4, 0.5) is 4.39 Å². The lowest BCUT2D eigenvalue weighted by Gasteiger charge is -2.05. The molecule has 0 amide bonds. The molecule has 0 atom stereocenters. The van der Waals surface area contributed by atoms with E-state index >= 15 is 0 Å². The number of pyridine rings is 1. The van der Waals surface area contributed by atoms with Crippen LogP contribution < -0.4 is 0 Å². The van der Waals surface area contributed by atoms with Gasteiger partial charge in [0.15, 0.2) is 11.6 Å². The van der Waals surface area contributed by atoms with E-state index in [1.807, 2.05) is 0 Å². The lowest BCUT2D eigenvalue weighted by Crippen LogP contribution is -2.05. The molecule has 2 rings (SSSR count). The van der Waals surface area contributed by atoms with Crippen molar-refractivity contribution in [3.63, 3.8) is 0 Å². The molecule has 0 spiro atoms. The van der Waals surface area contributed by atoms with Crippen LogP contribution in [0, 0.1) is 5.82 Å². The van der Waals surface area contributed by atoms with Crippen molar-refractivity contribution in [2.24, 2.45) is 0 Å². The molecule has 1 aromatic carbocycles. The summed E-state index contributed by atoms with van der Waals surface area (Å²) < 4.78 is 14.9. The molecule has 1 heterocycles. The summed E-state index contributed by atoms with van der Waals surface area (Å²) in [6.45, 7) is 0. The molecule has 0 fully saturated rings. The van der Waals surface area contributed by atoms with Crippen LogP contribution >= 0.6 is 31.9 Å². The monoisotopic (exact) mass is 357 g/mol. The quantitative estimate of drug-likeness (QED) is 0.760. The van der Waals surface area contributed by atoms with Gasteiger partial charge in [-0.15, -0.1) is 0 Å². The predicted molar refractivity (Wildman–Crippen MR) is 69.5 cm³/mol. The van der Waals surface area contributed by atoms with E-state index in [0.29, 0.717) is 10.0 Å². The van der Waals surface area contributed by atoms with E-state index in [-0.39, 0.29) is 11.3 Å². The van der Waals surface area contributed by atoms with Crippen LogP contribution in [0.25, 0.3) is 0 Å². The van der Waals surface area contributed by atoms with Crippen LogP contribution in [0.2, 0.25) is 0 Å². The molecule has 0 unspecified atom stereocenters. The zero-order chi connectivity index (χ0) is 12.4. The molecular weight excluding hydrogens is 353 g/mol.